The van der Waals surface area contributed by atoms with Crippen molar-refractivity contribution in [3.05, 3.63) is 71.8 Å². The molecular weight excluding hydrogens is 404 g/mol. The summed E-state index contributed by atoms with van der Waals surface area (Å²) in [6, 6.07) is 21.2. The van der Waals surface area contributed by atoms with Gasteiger partial charge in [0, 0.05) is 0 Å². The minimum Gasteiger partial charge on any atom is -0.393 e. The van der Waals surface area contributed by atoms with Crippen molar-refractivity contribution < 1.29 is 10.2 Å². The summed E-state index contributed by atoms with van der Waals surface area (Å²) >= 11 is 0. The normalized spacial score (nSPS) is 16.2. The van der Waals surface area contributed by atoms with Gasteiger partial charge in [0.2, 0.25) is 0 Å². The molecule has 0 radical (unpaired) electrons. The van der Waals surface area contributed by atoms with Gasteiger partial charge >= 0.3 is 0 Å². The summed E-state index contributed by atoms with van der Waals surface area (Å²) in [5, 5.41) is 22.5. The molecule has 0 fully saturated rings. The van der Waals surface area contributed by atoms with Crippen molar-refractivity contribution >= 4 is 0 Å². The van der Waals surface area contributed by atoms with Crippen LogP contribution in [0, 0.1) is 11.8 Å². The molecule has 0 heterocycles. The van der Waals surface area contributed by atoms with E-state index in [1.165, 1.54) is 11.1 Å². The van der Waals surface area contributed by atoms with E-state index >= 15 is 0 Å². The van der Waals surface area contributed by atoms with Crippen molar-refractivity contribution in [2.75, 3.05) is 0 Å². The topological polar surface area (TPSA) is 40.5 Å². The first kappa shape index (κ1) is 27.6. The van der Waals surface area contributed by atoms with E-state index in [0.717, 1.165) is 44.9 Å². The van der Waals surface area contributed by atoms with Crippen LogP contribution in [0.1, 0.15) is 97.6 Å². The second-order valence-corrected chi connectivity index (χ2v) is 11.0. The van der Waals surface area contributed by atoms with Crippen LogP contribution >= 0.6 is 0 Å². The molecule has 0 aliphatic heterocycles. The van der Waals surface area contributed by atoms with E-state index in [1.807, 2.05) is 0 Å². The Hall–Kier alpha value is -1.64. The molecule has 0 saturated heterocycles. The highest BCUT2D eigenvalue weighted by Gasteiger charge is 2.37. The summed E-state index contributed by atoms with van der Waals surface area (Å²) in [6.07, 6.45) is 5.73. The van der Waals surface area contributed by atoms with Crippen LogP contribution in [0.2, 0.25) is 0 Å². The Morgan fingerprint density at radius 3 is 1.21 bits per heavy atom. The fourth-order valence-corrected chi connectivity index (χ4v) is 5.79. The molecule has 2 aromatic carbocycles. The molecule has 2 nitrogen and oxygen atoms in total. The SMILES string of the molecule is CCCC(C(O)CCCC(O)C(CCC)C(C)(C)c1ccccc1)C(C)(C)c1ccccc1. The summed E-state index contributed by atoms with van der Waals surface area (Å²) in [5.74, 6) is 0.406. The van der Waals surface area contributed by atoms with Gasteiger partial charge in [0.15, 0.2) is 0 Å². The average molecular weight is 453 g/mol. The molecule has 2 rings (SSSR count). The molecule has 0 aliphatic carbocycles. The third-order valence-electron chi connectivity index (χ3n) is 8.02. The highest BCUT2D eigenvalue weighted by Crippen LogP contribution is 2.40. The lowest BCUT2D eigenvalue weighted by molar-refractivity contribution is 0.0317. The zero-order valence-corrected chi connectivity index (χ0v) is 21.9. The van der Waals surface area contributed by atoms with Crippen molar-refractivity contribution in [2.45, 2.75) is 110 Å². The number of aliphatic hydroxyl groups is 2. The fraction of sp³-hybridized carbons (Fsp3) is 0.613. The minimum atomic E-state index is -0.362. The maximum absolute atomic E-state index is 11.2. The second kappa shape index (κ2) is 12.7. The van der Waals surface area contributed by atoms with Gasteiger partial charge in [-0.05, 0) is 65.9 Å². The van der Waals surface area contributed by atoms with Crippen LogP contribution in [-0.2, 0) is 10.8 Å². The molecule has 0 saturated carbocycles. The number of benzene rings is 2. The Labute approximate surface area is 203 Å². The van der Waals surface area contributed by atoms with Gasteiger partial charge in [-0.15, -0.1) is 0 Å². The third-order valence-corrected chi connectivity index (χ3v) is 8.02. The minimum absolute atomic E-state index is 0.0879. The highest BCUT2D eigenvalue weighted by molar-refractivity contribution is 5.26. The predicted molar refractivity (Wildman–Crippen MR) is 142 cm³/mol. The first-order valence-electron chi connectivity index (χ1n) is 13.1. The summed E-state index contributed by atoms with van der Waals surface area (Å²) in [7, 11) is 0. The molecule has 2 aromatic rings. The Balaban J connectivity index is 2.04. The monoisotopic (exact) mass is 452 g/mol. The van der Waals surface area contributed by atoms with Crippen LogP contribution in [0.15, 0.2) is 60.7 Å². The van der Waals surface area contributed by atoms with Crippen molar-refractivity contribution in [1.82, 2.24) is 0 Å². The van der Waals surface area contributed by atoms with Crippen molar-refractivity contribution in [3.63, 3.8) is 0 Å². The first-order valence-corrected chi connectivity index (χ1v) is 13.1. The first-order chi connectivity index (χ1) is 15.7. The van der Waals surface area contributed by atoms with Crippen molar-refractivity contribution in [2.24, 2.45) is 11.8 Å². The molecule has 4 atom stereocenters. The van der Waals surface area contributed by atoms with E-state index in [0.29, 0.717) is 0 Å². The van der Waals surface area contributed by atoms with Gasteiger partial charge in [-0.3, -0.25) is 0 Å². The van der Waals surface area contributed by atoms with Gasteiger partial charge < -0.3 is 10.2 Å². The van der Waals surface area contributed by atoms with E-state index in [2.05, 4.69) is 102 Å². The van der Waals surface area contributed by atoms with Crippen molar-refractivity contribution in [1.29, 1.82) is 0 Å². The molecule has 0 bridgehead atoms. The van der Waals surface area contributed by atoms with Gasteiger partial charge in [0.25, 0.3) is 0 Å². The smallest absolute Gasteiger partial charge is 0.0576 e. The molecular formula is C31H48O2. The molecule has 2 N–H and O–H groups in total. The second-order valence-electron chi connectivity index (χ2n) is 11.0. The van der Waals surface area contributed by atoms with Crippen LogP contribution in [-0.4, -0.2) is 22.4 Å². The van der Waals surface area contributed by atoms with Crippen LogP contribution < -0.4 is 0 Å². The molecule has 0 aromatic heterocycles. The number of hydrogen-bond acceptors (Lipinski definition) is 2. The van der Waals surface area contributed by atoms with E-state index in [1.54, 1.807) is 0 Å². The molecule has 2 heteroatoms. The largest absolute Gasteiger partial charge is 0.393 e. The van der Waals surface area contributed by atoms with Crippen LogP contribution in [0.25, 0.3) is 0 Å². The summed E-state index contributed by atoms with van der Waals surface area (Å²) in [6.45, 7) is 13.5. The van der Waals surface area contributed by atoms with E-state index in [9.17, 15) is 10.2 Å². The van der Waals surface area contributed by atoms with E-state index in [-0.39, 0.29) is 34.9 Å². The average Bonchev–Trinajstić information content (AvgIpc) is 2.81. The lowest BCUT2D eigenvalue weighted by Crippen LogP contribution is -2.39. The lowest BCUT2D eigenvalue weighted by atomic mass is 9.67. The van der Waals surface area contributed by atoms with Gasteiger partial charge in [-0.2, -0.15) is 0 Å². The Morgan fingerprint density at radius 2 is 0.909 bits per heavy atom. The molecule has 184 valence electrons. The lowest BCUT2D eigenvalue weighted by Gasteiger charge is -2.39. The summed E-state index contributed by atoms with van der Waals surface area (Å²) < 4.78 is 0. The van der Waals surface area contributed by atoms with Crippen LogP contribution in [0.4, 0.5) is 0 Å². The fourth-order valence-electron chi connectivity index (χ4n) is 5.79. The van der Waals surface area contributed by atoms with E-state index < -0.39 is 0 Å². The van der Waals surface area contributed by atoms with Crippen LogP contribution in [0.3, 0.4) is 0 Å². The predicted octanol–water partition coefficient (Wildman–Crippen LogP) is 7.67. The molecule has 0 amide bonds. The number of rotatable bonds is 14. The number of hydrogen-bond donors (Lipinski definition) is 2. The van der Waals surface area contributed by atoms with Gasteiger partial charge in [-0.1, -0.05) is 115 Å². The summed E-state index contributed by atoms with van der Waals surface area (Å²) in [4.78, 5) is 0. The Bertz CT molecular complexity index is 714. The highest BCUT2D eigenvalue weighted by atomic mass is 16.3. The Morgan fingerprint density at radius 1 is 0.576 bits per heavy atom. The zero-order valence-electron chi connectivity index (χ0n) is 21.9. The number of aliphatic hydroxyl groups excluding tert-OH is 2. The van der Waals surface area contributed by atoms with Gasteiger partial charge in [0.1, 0.15) is 0 Å². The van der Waals surface area contributed by atoms with Crippen molar-refractivity contribution in [3.8, 4) is 0 Å². The third kappa shape index (κ3) is 7.17. The summed E-state index contributed by atoms with van der Waals surface area (Å²) in [5.41, 5.74) is 2.40. The standard InChI is InChI=1S/C31H48O2/c1-7-16-26(30(3,4)24-18-11-9-12-19-24)28(32)22-15-23-29(33)27(17-8-2)31(5,6)25-20-13-10-14-21-25/h9-14,18-21,26-29,32-33H,7-8,15-17,22-23H2,1-6H3. The quantitative estimate of drug-likeness (QED) is 0.309. The van der Waals surface area contributed by atoms with Crippen LogP contribution in [0.5, 0.6) is 0 Å². The molecule has 0 aliphatic rings. The molecule has 0 spiro atoms. The van der Waals surface area contributed by atoms with E-state index in [4.69, 9.17) is 0 Å². The molecule has 4 unspecified atom stereocenters. The van der Waals surface area contributed by atoms with Gasteiger partial charge in [-0.25, -0.2) is 0 Å². The van der Waals surface area contributed by atoms with Gasteiger partial charge in [0.05, 0.1) is 12.2 Å². The zero-order chi connectivity index (χ0) is 24.5. The molecule has 33 heavy (non-hydrogen) atoms. The maximum atomic E-state index is 11.2. The maximum Gasteiger partial charge on any atom is 0.0576 e. The Kier molecular flexibility index (Phi) is 10.6.